The molecule has 0 aromatic carbocycles. The van der Waals surface area contributed by atoms with Crippen molar-refractivity contribution in [1.29, 1.82) is 0 Å². The maximum atomic E-state index is 12.5. The molecule has 1 aromatic rings. The monoisotopic (exact) mass is 333 g/mol. The Morgan fingerprint density at radius 2 is 2.25 bits per heavy atom. The number of amides is 2. The molecule has 0 radical (unpaired) electrons. The molecular weight excluding hydrogens is 310 g/mol. The van der Waals surface area contributed by atoms with Crippen molar-refractivity contribution in [3.63, 3.8) is 0 Å². The molecule has 8 nitrogen and oxygen atoms in total. The fourth-order valence-corrected chi connectivity index (χ4v) is 3.90. The van der Waals surface area contributed by atoms with Crippen LogP contribution in [-0.2, 0) is 20.9 Å². The van der Waals surface area contributed by atoms with Crippen LogP contribution >= 0.6 is 0 Å². The number of carbonyl (C=O) groups is 2. The van der Waals surface area contributed by atoms with Crippen molar-refractivity contribution in [3.05, 3.63) is 11.9 Å². The average molecular weight is 333 g/mol. The number of likely N-dealkylation sites (tertiary alicyclic amines) is 2. The molecule has 3 aliphatic heterocycles. The lowest BCUT2D eigenvalue weighted by atomic mass is 10.00. The first kappa shape index (κ1) is 15.6. The lowest BCUT2D eigenvalue weighted by Crippen LogP contribution is -2.51. The van der Waals surface area contributed by atoms with Gasteiger partial charge in [-0.25, -0.2) is 4.68 Å². The topological polar surface area (TPSA) is 80.6 Å². The predicted molar refractivity (Wildman–Crippen MR) is 83.9 cm³/mol. The number of ether oxygens (including phenoxy) is 1. The molecule has 0 N–H and O–H groups in total. The van der Waals surface area contributed by atoms with Gasteiger partial charge >= 0.3 is 0 Å². The van der Waals surface area contributed by atoms with Gasteiger partial charge < -0.3 is 14.5 Å². The van der Waals surface area contributed by atoms with Crippen LogP contribution in [0.4, 0.5) is 0 Å². The number of fused-ring (bicyclic) bond motifs is 3. The summed E-state index contributed by atoms with van der Waals surface area (Å²) in [5.74, 6) is 0.293. The molecule has 1 aromatic heterocycles. The van der Waals surface area contributed by atoms with Gasteiger partial charge in [0.1, 0.15) is 0 Å². The standard InChI is InChI=1S/C16H23N5O3/c22-15-3-1-2-6-19(15)8-5-16(23)20-7-4-13-14(10-20)24-11-12-9-17-18-21(12)13/h9,13-14H,1-8,10-11H2/t13-,14-/m0/s1. The molecule has 0 bridgehead atoms. The third-order valence-corrected chi connectivity index (χ3v) is 5.30. The van der Waals surface area contributed by atoms with E-state index >= 15 is 0 Å². The van der Waals surface area contributed by atoms with E-state index in [2.05, 4.69) is 10.3 Å². The minimum Gasteiger partial charge on any atom is -0.368 e. The van der Waals surface area contributed by atoms with Crippen molar-refractivity contribution < 1.29 is 14.3 Å². The van der Waals surface area contributed by atoms with Crippen LogP contribution in [0.3, 0.4) is 0 Å². The Kier molecular flexibility index (Phi) is 4.22. The van der Waals surface area contributed by atoms with Gasteiger partial charge in [0.2, 0.25) is 11.8 Å². The van der Waals surface area contributed by atoms with Gasteiger partial charge in [0, 0.05) is 39.0 Å². The number of rotatable bonds is 3. The fraction of sp³-hybridized carbons (Fsp3) is 0.750. The highest BCUT2D eigenvalue weighted by Crippen LogP contribution is 2.30. The zero-order chi connectivity index (χ0) is 16.5. The van der Waals surface area contributed by atoms with Crippen LogP contribution in [0.1, 0.15) is 43.8 Å². The smallest absolute Gasteiger partial charge is 0.224 e. The molecule has 2 amide bonds. The summed E-state index contributed by atoms with van der Waals surface area (Å²) in [5.41, 5.74) is 1.000. The maximum absolute atomic E-state index is 12.5. The number of hydrogen-bond donors (Lipinski definition) is 0. The molecule has 4 heterocycles. The van der Waals surface area contributed by atoms with Gasteiger partial charge in [-0.2, -0.15) is 0 Å². The first-order valence-electron chi connectivity index (χ1n) is 8.78. The van der Waals surface area contributed by atoms with Gasteiger partial charge in [-0.15, -0.1) is 5.10 Å². The predicted octanol–water partition coefficient (Wildman–Crippen LogP) is 0.353. The van der Waals surface area contributed by atoms with Crippen molar-refractivity contribution in [3.8, 4) is 0 Å². The van der Waals surface area contributed by atoms with Crippen molar-refractivity contribution in [2.45, 2.75) is 50.9 Å². The van der Waals surface area contributed by atoms with Crippen molar-refractivity contribution in [1.82, 2.24) is 24.8 Å². The van der Waals surface area contributed by atoms with Crippen LogP contribution in [-0.4, -0.2) is 68.9 Å². The first-order chi connectivity index (χ1) is 11.7. The van der Waals surface area contributed by atoms with E-state index in [1.54, 1.807) is 6.20 Å². The third kappa shape index (κ3) is 2.90. The summed E-state index contributed by atoms with van der Waals surface area (Å²) in [4.78, 5) is 28.0. The highest BCUT2D eigenvalue weighted by atomic mass is 16.5. The van der Waals surface area contributed by atoms with E-state index in [9.17, 15) is 9.59 Å². The van der Waals surface area contributed by atoms with Crippen LogP contribution in [0.5, 0.6) is 0 Å². The van der Waals surface area contributed by atoms with Gasteiger partial charge in [-0.3, -0.25) is 9.59 Å². The van der Waals surface area contributed by atoms with E-state index in [-0.39, 0.29) is 24.0 Å². The number of carbonyl (C=O) groups excluding carboxylic acids is 2. The van der Waals surface area contributed by atoms with Gasteiger partial charge in [0.05, 0.1) is 30.6 Å². The van der Waals surface area contributed by atoms with E-state index in [1.165, 1.54) is 0 Å². The summed E-state index contributed by atoms with van der Waals surface area (Å²) in [6.45, 7) is 3.12. The second kappa shape index (κ2) is 6.51. The van der Waals surface area contributed by atoms with Crippen molar-refractivity contribution in [2.75, 3.05) is 26.2 Å². The molecule has 24 heavy (non-hydrogen) atoms. The highest BCUT2D eigenvalue weighted by molar-refractivity contribution is 5.79. The molecule has 3 aliphatic rings. The summed E-state index contributed by atoms with van der Waals surface area (Å²) in [7, 11) is 0. The quantitative estimate of drug-likeness (QED) is 0.797. The van der Waals surface area contributed by atoms with Gasteiger partial charge in [-0.1, -0.05) is 5.21 Å². The molecule has 8 heteroatoms. The third-order valence-electron chi connectivity index (χ3n) is 5.30. The van der Waals surface area contributed by atoms with Crippen LogP contribution in [0.25, 0.3) is 0 Å². The SMILES string of the molecule is O=C1CCCCN1CCC(=O)N1CC[C@H]2[C@H](C1)OCc1cnnn12. The summed E-state index contributed by atoms with van der Waals surface area (Å²) in [5, 5.41) is 8.11. The molecule has 2 saturated heterocycles. The van der Waals surface area contributed by atoms with E-state index in [4.69, 9.17) is 4.74 Å². The second-order valence-electron chi connectivity index (χ2n) is 6.80. The van der Waals surface area contributed by atoms with Gasteiger partial charge in [0.25, 0.3) is 0 Å². The molecule has 130 valence electrons. The Bertz CT molecular complexity index is 631. The summed E-state index contributed by atoms with van der Waals surface area (Å²) >= 11 is 0. The van der Waals surface area contributed by atoms with E-state index in [0.29, 0.717) is 39.1 Å². The average Bonchev–Trinajstić information content (AvgIpc) is 3.09. The number of nitrogens with zero attached hydrogens (tertiary/aromatic N) is 5. The molecule has 0 spiro atoms. The van der Waals surface area contributed by atoms with E-state index in [0.717, 1.165) is 31.5 Å². The van der Waals surface area contributed by atoms with Crippen LogP contribution in [0.2, 0.25) is 0 Å². The highest BCUT2D eigenvalue weighted by Gasteiger charge is 2.37. The number of piperidine rings is 2. The van der Waals surface area contributed by atoms with Gasteiger partial charge in [-0.05, 0) is 19.3 Å². The summed E-state index contributed by atoms with van der Waals surface area (Å²) in [6.07, 6.45) is 5.59. The Balaban J connectivity index is 1.32. The Morgan fingerprint density at radius 1 is 1.33 bits per heavy atom. The van der Waals surface area contributed by atoms with Crippen molar-refractivity contribution in [2.24, 2.45) is 0 Å². The molecule has 2 fully saturated rings. The van der Waals surface area contributed by atoms with E-state index < -0.39 is 0 Å². The minimum absolute atomic E-state index is 0.0199. The van der Waals surface area contributed by atoms with Crippen LogP contribution < -0.4 is 0 Å². The fourth-order valence-electron chi connectivity index (χ4n) is 3.90. The Morgan fingerprint density at radius 3 is 3.12 bits per heavy atom. The van der Waals surface area contributed by atoms with Gasteiger partial charge in [0.15, 0.2) is 0 Å². The first-order valence-corrected chi connectivity index (χ1v) is 8.78. The molecule has 2 atom stereocenters. The van der Waals surface area contributed by atoms with Crippen LogP contribution in [0, 0.1) is 0 Å². The van der Waals surface area contributed by atoms with E-state index in [1.807, 2.05) is 14.5 Å². The normalized spacial score (nSPS) is 26.9. The molecule has 0 aliphatic carbocycles. The number of hydrogen-bond acceptors (Lipinski definition) is 5. The second-order valence-corrected chi connectivity index (χ2v) is 6.80. The maximum Gasteiger partial charge on any atom is 0.224 e. The zero-order valence-corrected chi connectivity index (χ0v) is 13.8. The lowest BCUT2D eigenvalue weighted by molar-refractivity contribution is -0.141. The molecular formula is C16H23N5O3. The minimum atomic E-state index is -0.0199. The molecule has 0 unspecified atom stereocenters. The summed E-state index contributed by atoms with van der Waals surface area (Å²) < 4.78 is 7.85. The lowest BCUT2D eigenvalue weighted by Gasteiger charge is -2.41. The Hall–Kier alpha value is -1.96. The van der Waals surface area contributed by atoms with Crippen LogP contribution in [0.15, 0.2) is 6.20 Å². The zero-order valence-electron chi connectivity index (χ0n) is 13.8. The number of aromatic nitrogens is 3. The molecule has 0 saturated carbocycles. The largest absolute Gasteiger partial charge is 0.368 e. The Labute approximate surface area is 140 Å². The molecule has 4 rings (SSSR count). The van der Waals surface area contributed by atoms with Crippen molar-refractivity contribution >= 4 is 11.8 Å². The summed E-state index contributed by atoms with van der Waals surface area (Å²) in [6, 6.07) is 0.170.